The van der Waals surface area contributed by atoms with Gasteiger partial charge in [0.1, 0.15) is 5.69 Å². The smallest absolute Gasteiger partial charge is 0.163 e. The number of Topliss-reactive ketones (excluding diaryl/α,β-unsaturated/α-hetero) is 1. The topological polar surface area (TPSA) is 89.4 Å². The Morgan fingerprint density at radius 1 is 1.09 bits per heavy atom. The second-order valence-electron chi connectivity index (χ2n) is 9.81. The molecule has 0 aliphatic heterocycles. The molecule has 4 heterocycles. The number of H-pyrrole nitrogens is 1. The van der Waals surface area contributed by atoms with Gasteiger partial charge in [-0.1, -0.05) is 6.42 Å². The van der Waals surface area contributed by atoms with Crippen LogP contribution in [0.4, 0.5) is 0 Å². The maximum atomic E-state index is 13.3. The lowest BCUT2D eigenvalue weighted by Gasteiger charge is -2.29. The van der Waals surface area contributed by atoms with Crippen LogP contribution in [0.3, 0.4) is 0 Å². The quantitative estimate of drug-likeness (QED) is 0.323. The highest BCUT2D eigenvalue weighted by Gasteiger charge is 2.25. The Kier molecular flexibility index (Phi) is 5.60. The highest BCUT2D eigenvalue weighted by molar-refractivity contribution is 6.02. The van der Waals surface area contributed by atoms with Gasteiger partial charge in [-0.15, -0.1) is 0 Å². The average molecular weight is 465 g/mol. The van der Waals surface area contributed by atoms with Gasteiger partial charge in [-0.25, -0.2) is 0 Å². The van der Waals surface area contributed by atoms with Crippen LogP contribution < -0.4 is 0 Å². The molecular formula is C28H28N6O. The highest BCUT2D eigenvalue weighted by atomic mass is 16.1. The molecule has 1 aromatic carbocycles. The number of hydrogen-bond donors (Lipinski definition) is 1. The van der Waals surface area contributed by atoms with E-state index in [1.54, 1.807) is 6.20 Å². The number of nitrogens with one attached hydrogen (secondary N) is 1. The normalized spacial score (nSPS) is 18.3. The van der Waals surface area contributed by atoms with E-state index in [1.807, 2.05) is 61.9 Å². The number of aryl methyl sites for hydroxylation is 1. The number of hydrogen-bond acceptors (Lipinski definition) is 5. The molecule has 1 fully saturated rings. The molecule has 7 heteroatoms. The van der Waals surface area contributed by atoms with E-state index in [9.17, 15) is 4.79 Å². The van der Waals surface area contributed by atoms with Crippen LogP contribution in [0.5, 0.6) is 0 Å². The monoisotopic (exact) mass is 464 g/mol. The minimum atomic E-state index is 0.214. The number of aromatic nitrogens is 6. The lowest BCUT2D eigenvalue weighted by atomic mass is 9.78. The highest BCUT2D eigenvalue weighted by Crippen LogP contribution is 2.34. The van der Waals surface area contributed by atoms with Crippen LogP contribution in [0.1, 0.15) is 48.2 Å². The molecule has 2 unspecified atom stereocenters. The fraction of sp³-hybridized carbons (Fsp3) is 0.321. The van der Waals surface area contributed by atoms with Crippen molar-refractivity contribution in [2.24, 2.45) is 11.8 Å². The Hall–Kier alpha value is -3.87. The van der Waals surface area contributed by atoms with Crippen LogP contribution in [0.25, 0.3) is 33.1 Å². The molecule has 5 aromatic rings. The zero-order chi connectivity index (χ0) is 23.8. The average Bonchev–Trinajstić information content (AvgIpc) is 3.48. The largest absolute Gasteiger partial charge is 0.294 e. The fourth-order valence-corrected chi connectivity index (χ4v) is 5.55. The first-order valence-corrected chi connectivity index (χ1v) is 12.3. The van der Waals surface area contributed by atoms with Gasteiger partial charge < -0.3 is 0 Å². The van der Waals surface area contributed by atoms with Crippen molar-refractivity contribution in [3.05, 3.63) is 72.4 Å². The maximum absolute atomic E-state index is 13.3. The van der Waals surface area contributed by atoms with Crippen molar-refractivity contribution in [2.75, 3.05) is 0 Å². The van der Waals surface area contributed by atoms with E-state index in [2.05, 4.69) is 29.9 Å². The molecular weight excluding hydrogens is 436 g/mol. The van der Waals surface area contributed by atoms with E-state index in [-0.39, 0.29) is 5.78 Å². The van der Waals surface area contributed by atoms with Crippen molar-refractivity contribution < 1.29 is 4.79 Å². The van der Waals surface area contributed by atoms with Gasteiger partial charge in [0.2, 0.25) is 0 Å². The number of aromatic amines is 1. The zero-order valence-corrected chi connectivity index (χ0v) is 19.8. The first kappa shape index (κ1) is 21.6. The molecule has 1 aliphatic rings. The third kappa shape index (κ3) is 4.34. The first-order chi connectivity index (χ1) is 17.1. The van der Waals surface area contributed by atoms with Gasteiger partial charge in [-0.05, 0) is 74.4 Å². The molecule has 0 radical (unpaired) electrons. The molecule has 176 valence electrons. The first-order valence-electron chi connectivity index (χ1n) is 12.3. The summed E-state index contributed by atoms with van der Waals surface area (Å²) in [6.07, 6.45) is 12.5. The number of ketones is 1. The van der Waals surface area contributed by atoms with Crippen molar-refractivity contribution in [1.82, 2.24) is 29.9 Å². The Bertz CT molecular complexity index is 1520. The van der Waals surface area contributed by atoms with Gasteiger partial charge >= 0.3 is 0 Å². The summed E-state index contributed by atoms with van der Waals surface area (Å²) >= 11 is 0. The summed E-state index contributed by atoms with van der Waals surface area (Å²) < 4.78 is 2.10. The molecule has 7 nitrogen and oxygen atoms in total. The van der Waals surface area contributed by atoms with E-state index in [0.29, 0.717) is 18.3 Å². The summed E-state index contributed by atoms with van der Waals surface area (Å²) in [6, 6.07) is 11.9. The Balaban J connectivity index is 1.17. The van der Waals surface area contributed by atoms with Crippen LogP contribution in [0, 0.1) is 18.8 Å². The Morgan fingerprint density at radius 3 is 2.91 bits per heavy atom. The second kappa shape index (κ2) is 9.06. The maximum Gasteiger partial charge on any atom is 0.163 e. The van der Waals surface area contributed by atoms with E-state index in [0.717, 1.165) is 70.1 Å². The van der Waals surface area contributed by atoms with Crippen LogP contribution in [0.15, 0.2) is 61.2 Å². The minimum Gasteiger partial charge on any atom is -0.294 e. The summed E-state index contributed by atoms with van der Waals surface area (Å²) in [6.45, 7) is 2.87. The van der Waals surface area contributed by atoms with Crippen LogP contribution in [-0.2, 0) is 6.54 Å². The molecule has 0 spiro atoms. The number of fused-ring (bicyclic) bond motifs is 2. The summed E-state index contributed by atoms with van der Waals surface area (Å²) in [5.74, 6) is 1.16. The lowest BCUT2D eigenvalue weighted by Crippen LogP contribution is -2.22. The molecule has 35 heavy (non-hydrogen) atoms. The third-order valence-corrected chi connectivity index (χ3v) is 7.29. The number of nitrogens with zero attached hydrogens (tertiary/aromatic N) is 5. The fourth-order valence-electron chi connectivity index (χ4n) is 5.55. The van der Waals surface area contributed by atoms with Gasteiger partial charge in [0.15, 0.2) is 5.78 Å². The van der Waals surface area contributed by atoms with Crippen molar-refractivity contribution in [2.45, 2.75) is 45.6 Å². The third-order valence-electron chi connectivity index (χ3n) is 7.29. The van der Waals surface area contributed by atoms with Gasteiger partial charge in [-0.2, -0.15) is 10.2 Å². The van der Waals surface area contributed by atoms with E-state index >= 15 is 0 Å². The summed E-state index contributed by atoms with van der Waals surface area (Å²) in [4.78, 5) is 21.8. The predicted molar refractivity (Wildman–Crippen MR) is 136 cm³/mol. The molecule has 0 saturated heterocycles. The number of carbonyl (C=O) groups excluding carboxylic acids is 1. The van der Waals surface area contributed by atoms with Gasteiger partial charge in [0.05, 0.1) is 17.2 Å². The Labute approximate surface area is 203 Å². The summed E-state index contributed by atoms with van der Waals surface area (Å²) in [7, 11) is 0. The molecule has 1 aliphatic carbocycles. The number of benzene rings is 1. The molecule has 6 rings (SSSR count). The summed E-state index contributed by atoms with van der Waals surface area (Å²) in [5.41, 5.74) is 5.64. The number of pyridine rings is 2. The predicted octanol–water partition coefficient (Wildman–Crippen LogP) is 5.76. The van der Waals surface area contributed by atoms with Crippen LogP contribution in [-0.4, -0.2) is 35.7 Å². The standard InChI is InChI=1S/C28H28N6O/c1-18-11-22(7-10-30-18)28-24-14-21(5-6-25(24)32-33-28)27(35)13-19-3-2-4-20(12-19)17-34-26-8-9-29-15-23(26)16-31-34/h5-11,14-16,19-20H,2-4,12-13,17H2,1H3,(H,32,33). The van der Waals surface area contributed by atoms with Crippen molar-refractivity contribution in [3.63, 3.8) is 0 Å². The van der Waals surface area contributed by atoms with E-state index < -0.39 is 0 Å². The molecule has 0 amide bonds. The van der Waals surface area contributed by atoms with Crippen LogP contribution in [0.2, 0.25) is 0 Å². The van der Waals surface area contributed by atoms with E-state index in [1.165, 1.54) is 6.42 Å². The van der Waals surface area contributed by atoms with Crippen LogP contribution >= 0.6 is 0 Å². The van der Waals surface area contributed by atoms with Crippen molar-refractivity contribution in [3.8, 4) is 11.3 Å². The molecule has 0 bridgehead atoms. The molecule has 2 atom stereocenters. The second-order valence-corrected chi connectivity index (χ2v) is 9.81. The van der Waals surface area contributed by atoms with Gasteiger partial charge in [0.25, 0.3) is 0 Å². The van der Waals surface area contributed by atoms with E-state index in [4.69, 9.17) is 0 Å². The van der Waals surface area contributed by atoms with Gasteiger partial charge in [-0.3, -0.25) is 24.5 Å². The minimum absolute atomic E-state index is 0.214. The van der Waals surface area contributed by atoms with Crippen molar-refractivity contribution >= 4 is 27.6 Å². The Morgan fingerprint density at radius 2 is 2.00 bits per heavy atom. The lowest BCUT2D eigenvalue weighted by molar-refractivity contribution is 0.0937. The van der Waals surface area contributed by atoms with Gasteiger partial charge in [0, 0.05) is 59.1 Å². The van der Waals surface area contributed by atoms with Crippen molar-refractivity contribution in [1.29, 1.82) is 0 Å². The molecule has 4 aromatic heterocycles. The molecule has 1 saturated carbocycles. The SMILES string of the molecule is Cc1cc(-c2n[nH]c3ccc(C(=O)CC4CCCC(Cn5ncc6cnccc65)C4)cc23)ccn1. The number of rotatable bonds is 6. The number of carbonyl (C=O) groups is 1. The zero-order valence-electron chi connectivity index (χ0n) is 19.8. The molecule has 1 N–H and O–H groups in total. The summed E-state index contributed by atoms with van der Waals surface area (Å²) in [5, 5.41) is 14.2.